The molecule has 116 valence electrons. The molecule has 1 aliphatic rings. The highest BCUT2D eigenvalue weighted by atomic mass is 79.9. The number of carbonyl (C=O) groups excluding carboxylic acids is 1. The number of hydrogen-bond donors (Lipinski definition) is 0. The van der Waals surface area contributed by atoms with E-state index >= 15 is 0 Å². The standard InChI is InChI=1S/C16H14BrN5O/c1-21-14(2-4-19-21)16(23)22-5-3-13-11(9-22)6-10-7-12(17)8-18-15(10)20-13/h2,4,6-8H,3,5,9H2,1H3. The van der Waals surface area contributed by atoms with Crippen molar-refractivity contribution in [2.45, 2.75) is 13.0 Å². The molecule has 7 heteroatoms. The quantitative estimate of drug-likeness (QED) is 0.658. The molecule has 0 radical (unpaired) electrons. The Labute approximate surface area is 141 Å². The summed E-state index contributed by atoms with van der Waals surface area (Å²) in [7, 11) is 1.78. The Kier molecular flexibility index (Phi) is 3.37. The van der Waals surface area contributed by atoms with Crippen LogP contribution in [-0.2, 0) is 20.0 Å². The van der Waals surface area contributed by atoms with Crippen LogP contribution in [0.15, 0.2) is 35.1 Å². The van der Waals surface area contributed by atoms with Crippen LogP contribution in [-0.4, -0.2) is 37.1 Å². The average Bonchev–Trinajstić information content (AvgIpc) is 2.97. The van der Waals surface area contributed by atoms with E-state index in [0.717, 1.165) is 33.2 Å². The zero-order valence-corrected chi connectivity index (χ0v) is 14.1. The van der Waals surface area contributed by atoms with Gasteiger partial charge in [0.2, 0.25) is 0 Å². The Hall–Kier alpha value is -2.28. The highest BCUT2D eigenvalue weighted by molar-refractivity contribution is 9.10. The van der Waals surface area contributed by atoms with Crippen molar-refractivity contribution in [2.24, 2.45) is 7.05 Å². The molecule has 4 heterocycles. The Morgan fingerprint density at radius 3 is 3.00 bits per heavy atom. The second kappa shape index (κ2) is 5.42. The smallest absolute Gasteiger partial charge is 0.272 e. The predicted molar refractivity (Wildman–Crippen MR) is 88.9 cm³/mol. The van der Waals surface area contributed by atoms with Crippen LogP contribution in [0.1, 0.15) is 21.7 Å². The van der Waals surface area contributed by atoms with Crippen molar-refractivity contribution < 1.29 is 4.79 Å². The minimum absolute atomic E-state index is 0.00288. The predicted octanol–water partition coefficient (Wildman–Crippen LogP) is 2.32. The summed E-state index contributed by atoms with van der Waals surface area (Å²) in [4.78, 5) is 23.5. The van der Waals surface area contributed by atoms with E-state index in [9.17, 15) is 4.79 Å². The van der Waals surface area contributed by atoms with Crippen molar-refractivity contribution in [1.82, 2.24) is 24.6 Å². The summed E-state index contributed by atoms with van der Waals surface area (Å²) in [6.45, 7) is 1.22. The number of aryl methyl sites for hydroxylation is 1. The molecule has 0 aliphatic carbocycles. The molecule has 0 N–H and O–H groups in total. The van der Waals surface area contributed by atoms with Crippen molar-refractivity contribution in [3.8, 4) is 0 Å². The fourth-order valence-corrected chi connectivity index (χ4v) is 3.26. The number of nitrogens with zero attached hydrogens (tertiary/aromatic N) is 5. The van der Waals surface area contributed by atoms with Gasteiger partial charge in [-0.1, -0.05) is 0 Å². The first-order chi connectivity index (χ1) is 11.1. The molecule has 0 atom stereocenters. The van der Waals surface area contributed by atoms with E-state index in [1.807, 2.05) is 11.0 Å². The lowest BCUT2D eigenvalue weighted by Gasteiger charge is -2.28. The highest BCUT2D eigenvalue weighted by Gasteiger charge is 2.24. The summed E-state index contributed by atoms with van der Waals surface area (Å²) in [5, 5.41) is 5.05. The van der Waals surface area contributed by atoms with Gasteiger partial charge in [0.25, 0.3) is 5.91 Å². The van der Waals surface area contributed by atoms with Crippen molar-refractivity contribution in [3.63, 3.8) is 0 Å². The van der Waals surface area contributed by atoms with Crippen LogP contribution in [0.25, 0.3) is 11.0 Å². The second-order valence-electron chi connectivity index (χ2n) is 5.61. The number of amides is 1. The van der Waals surface area contributed by atoms with Gasteiger partial charge in [-0.25, -0.2) is 9.97 Å². The Morgan fingerprint density at radius 1 is 1.35 bits per heavy atom. The van der Waals surface area contributed by atoms with Gasteiger partial charge in [0, 0.05) is 54.5 Å². The van der Waals surface area contributed by atoms with Gasteiger partial charge in [-0.15, -0.1) is 0 Å². The van der Waals surface area contributed by atoms with Crippen LogP contribution >= 0.6 is 15.9 Å². The number of halogens is 1. The number of fused-ring (bicyclic) bond motifs is 2. The third kappa shape index (κ3) is 2.50. The summed E-state index contributed by atoms with van der Waals surface area (Å²) < 4.78 is 2.53. The van der Waals surface area contributed by atoms with E-state index in [4.69, 9.17) is 0 Å². The lowest BCUT2D eigenvalue weighted by Crippen LogP contribution is -2.37. The molecule has 0 spiro atoms. The monoisotopic (exact) mass is 371 g/mol. The van der Waals surface area contributed by atoms with E-state index in [-0.39, 0.29) is 5.91 Å². The highest BCUT2D eigenvalue weighted by Crippen LogP contribution is 2.24. The van der Waals surface area contributed by atoms with Crippen molar-refractivity contribution >= 4 is 32.9 Å². The molecule has 0 aromatic carbocycles. The molecule has 0 unspecified atom stereocenters. The maximum absolute atomic E-state index is 12.6. The number of pyridine rings is 2. The Bertz CT molecular complexity index is 920. The van der Waals surface area contributed by atoms with Crippen LogP contribution in [0.3, 0.4) is 0 Å². The van der Waals surface area contributed by atoms with E-state index in [1.54, 1.807) is 30.2 Å². The lowest BCUT2D eigenvalue weighted by atomic mass is 10.0. The third-order valence-electron chi connectivity index (χ3n) is 4.11. The van der Waals surface area contributed by atoms with E-state index in [1.165, 1.54) is 0 Å². The number of carbonyl (C=O) groups is 1. The van der Waals surface area contributed by atoms with Crippen LogP contribution in [0.2, 0.25) is 0 Å². The number of hydrogen-bond acceptors (Lipinski definition) is 4. The third-order valence-corrected chi connectivity index (χ3v) is 4.54. The molecule has 1 aliphatic heterocycles. The molecule has 3 aromatic rings. The first kappa shape index (κ1) is 14.3. The van der Waals surface area contributed by atoms with Crippen LogP contribution in [0.4, 0.5) is 0 Å². The maximum atomic E-state index is 12.6. The van der Waals surface area contributed by atoms with Gasteiger partial charge >= 0.3 is 0 Å². The summed E-state index contributed by atoms with van der Waals surface area (Å²) in [5.41, 5.74) is 3.46. The van der Waals surface area contributed by atoms with Gasteiger partial charge in [-0.2, -0.15) is 5.10 Å². The topological polar surface area (TPSA) is 63.9 Å². The first-order valence-electron chi connectivity index (χ1n) is 7.33. The molecule has 0 saturated carbocycles. The fourth-order valence-electron chi connectivity index (χ4n) is 2.92. The van der Waals surface area contributed by atoms with Crippen LogP contribution < -0.4 is 0 Å². The van der Waals surface area contributed by atoms with Crippen molar-refractivity contribution in [3.05, 3.63) is 52.0 Å². The number of aromatic nitrogens is 4. The molecule has 0 fully saturated rings. The molecular weight excluding hydrogens is 358 g/mol. The summed E-state index contributed by atoms with van der Waals surface area (Å²) in [6.07, 6.45) is 4.14. The van der Waals surface area contributed by atoms with E-state index in [2.05, 4.69) is 37.1 Å². The molecule has 4 rings (SSSR count). The summed E-state index contributed by atoms with van der Waals surface area (Å²) in [5.74, 6) is 0.00288. The minimum atomic E-state index is 0.00288. The zero-order valence-electron chi connectivity index (χ0n) is 12.5. The molecular formula is C16H14BrN5O. The second-order valence-corrected chi connectivity index (χ2v) is 6.53. The Balaban J connectivity index is 1.68. The van der Waals surface area contributed by atoms with Gasteiger partial charge in [0.15, 0.2) is 5.65 Å². The average molecular weight is 372 g/mol. The molecule has 6 nitrogen and oxygen atoms in total. The summed E-state index contributed by atoms with van der Waals surface area (Å²) in [6, 6.07) is 5.83. The van der Waals surface area contributed by atoms with Gasteiger partial charge in [-0.05, 0) is 39.7 Å². The normalized spacial score (nSPS) is 14.1. The molecule has 0 saturated heterocycles. The summed E-state index contributed by atoms with van der Waals surface area (Å²) >= 11 is 3.43. The SMILES string of the molecule is Cn1nccc1C(=O)N1CCc2nc3ncc(Br)cc3cc2C1. The zero-order chi connectivity index (χ0) is 16.0. The largest absolute Gasteiger partial charge is 0.333 e. The van der Waals surface area contributed by atoms with E-state index < -0.39 is 0 Å². The van der Waals surface area contributed by atoms with Gasteiger partial charge in [0.1, 0.15) is 5.69 Å². The van der Waals surface area contributed by atoms with Gasteiger partial charge in [0.05, 0.1) is 0 Å². The van der Waals surface area contributed by atoms with E-state index in [0.29, 0.717) is 18.8 Å². The lowest BCUT2D eigenvalue weighted by molar-refractivity contribution is 0.0722. The number of rotatable bonds is 1. The molecule has 23 heavy (non-hydrogen) atoms. The van der Waals surface area contributed by atoms with Crippen LogP contribution in [0, 0.1) is 0 Å². The van der Waals surface area contributed by atoms with Gasteiger partial charge < -0.3 is 4.90 Å². The van der Waals surface area contributed by atoms with Crippen molar-refractivity contribution in [2.75, 3.05) is 6.54 Å². The maximum Gasteiger partial charge on any atom is 0.272 e. The molecule has 3 aromatic heterocycles. The van der Waals surface area contributed by atoms with Gasteiger partial charge in [-0.3, -0.25) is 9.48 Å². The molecule has 0 bridgehead atoms. The van der Waals surface area contributed by atoms with Crippen molar-refractivity contribution in [1.29, 1.82) is 0 Å². The fraction of sp³-hybridized carbons (Fsp3) is 0.250. The Morgan fingerprint density at radius 2 is 2.22 bits per heavy atom. The van der Waals surface area contributed by atoms with Crippen LogP contribution in [0.5, 0.6) is 0 Å². The molecule has 1 amide bonds. The first-order valence-corrected chi connectivity index (χ1v) is 8.12. The minimum Gasteiger partial charge on any atom is -0.333 e.